The number of rotatable bonds is 5. The summed E-state index contributed by atoms with van der Waals surface area (Å²) in [7, 11) is 5.91. The molecule has 2 aromatic carbocycles. The molecule has 0 aliphatic carbocycles. The van der Waals surface area contributed by atoms with Crippen LogP contribution >= 0.6 is 0 Å². The van der Waals surface area contributed by atoms with Gasteiger partial charge < -0.3 is 14.7 Å². The molecule has 3 rings (SSSR count). The molecule has 0 fully saturated rings. The van der Waals surface area contributed by atoms with E-state index in [-0.39, 0.29) is 10.9 Å². The van der Waals surface area contributed by atoms with Crippen LogP contribution in [0.1, 0.15) is 23.7 Å². The summed E-state index contributed by atoms with van der Waals surface area (Å²) in [5.74, 6) is 1.92. The summed E-state index contributed by atoms with van der Waals surface area (Å²) in [5, 5.41) is 10.8. The van der Waals surface area contributed by atoms with Gasteiger partial charge in [-0.15, -0.1) is 0 Å². The molecule has 2 atom stereocenters. The Balaban J connectivity index is 2.00. The van der Waals surface area contributed by atoms with Crippen molar-refractivity contribution in [1.82, 2.24) is 4.90 Å². The molecular formula is C19H24NO2S+. The van der Waals surface area contributed by atoms with Gasteiger partial charge in [0.25, 0.3) is 0 Å². The van der Waals surface area contributed by atoms with E-state index in [9.17, 15) is 5.11 Å². The van der Waals surface area contributed by atoms with Gasteiger partial charge in [0, 0.05) is 24.1 Å². The normalized spacial score (nSPS) is 19.3. The van der Waals surface area contributed by atoms with Crippen molar-refractivity contribution in [2.45, 2.75) is 22.3 Å². The Kier molecular flexibility index (Phi) is 4.95. The number of methoxy groups -OCH3 is 1. The molecule has 0 spiro atoms. The predicted molar refractivity (Wildman–Crippen MR) is 95.4 cm³/mol. The van der Waals surface area contributed by atoms with E-state index in [1.807, 2.05) is 24.3 Å². The molecule has 0 saturated carbocycles. The third-order valence-electron chi connectivity index (χ3n) is 4.21. The van der Waals surface area contributed by atoms with Crippen molar-refractivity contribution in [2.24, 2.45) is 0 Å². The third kappa shape index (κ3) is 3.25. The predicted octanol–water partition coefficient (Wildman–Crippen LogP) is 3.08. The third-order valence-corrected chi connectivity index (χ3v) is 6.71. The smallest absolute Gasteiger partial charge is 0.167 e. The van der Waals surface area contributed by atoms with Gasteiger partial charge in [0.15, 0.2) is 9.79 Å². The highest BCUT2D eigenvalue weighted by atomic mass is 32.2. The minimum absolute atomic E-state index is 0.0159. The minimum Gasteiger partial charge on any atom is -0.497 e. The highest BCUT2D eigenvalue weighted by molar-refractivity contribution is 7.97. The zero-order valence-corrected chi connectivity index (χ0v) is 14.8. The van der Waals surface area contributed by atoms with E-state index >= 15 is 0 Å². The standard InChI is InChI=1S/C19H24NO2S/c1-20(2)11-6-12-23-17-8-5-4-7-15(17)19(21)16-13-14(22-3)9-10-18(16)23/h4-5,7-10,13,19,21H,6,11-12H2,1-3H3/q+1. The first-order valence-electron chi connectivity index (χ1n) is 7.92. The molecule has 0 bridgehead atoms. The van der Waals surface area contributed by atoms with E-state index in [1.54, 1.807) is 7.11 Å². The zero-order valence-electron chi connectivity index (χ0n) is 14.0. The van der Waals surface area contributed by atoms with Gasteiger partial charge in [-0.2, -0.15) is 0 Å². The molecule has 2 unspecified atom stereocenters. The van der Waals surface area contributed by atoms with Crippen LogP contribution in [0.5, 0.6) is 5.75 Å². The second-order valence-corrected chi connectivity index (χ2v) is 8.17. The highest BCUT2D eigenvalue weighted by Crippen LogP contribution is 2.43. The average molecular weight is 330 g/mol. The minimum atomic E-state index is -0.561. The number of aliphatic hydroxyl groups is 1. The van der Waals surface area contributed by atoms with E-state index in [0.29, 0.717) is 0 Å². The Bertz CT molecular complexity index is 687. The lowest BCUT2D eigenvalue weighted by Gasteiger charge is -2.24. The maximum atomic E-state index is 10.8. The van der Waals surface area contributed by atoms with Crippen molar-refractivity contribution in [1.29, 1.82) is 0 Å². The number of aliphatic hydroxyl groups excluding tert-OH is 1. The van der Waals surface area contributed by atoms with Gasteiger partial charge in [0.05, 0.1) is 18.0 Å². The topological polar surface area (TPSA) is 32.7 Å². The van der Waals surface area contributed by atoms with Gasteiger partial charge in [-0.3, -0.25) is 0 Å². The molecule has 0 saturated heterocycles. The number of fused-ring (bicyclic) bond motifs is 2. The lowest BCUT2D eigenvalue weighted by Crippen LogP contribution is -2.23. The summed E-state index contributed by atoms with van der Waals surface area (Å²) in [4.78, 5) is 4.77. The fraction of sp³-hybridized carbons (Fsp3) is 0.368. The molecule has 1 aliphatic heterocycles. The van der Waals surface area contributed by atoms with Crippen LogP contribution in [0.3, 0.4) is 0 Å². The number of ether oxygens (including phenoxy) is 1. The maximum absolute atomic E-state index is 10.8. The van der Waals surface area contributed by atoms with Crippen molar-refractivity contribution < 1.29 is 9.84 Å². The van der Waals surface area contributed by atoms with Crippen LogP contribution in [0.4, 0.5) is 0 Å². The summed E-state index contributed by atoms with van der Waals surface area (Å²) < 4.78 is 5.35. The zero-order chi connectivity index (χ0) is 16.4. The van der Waals surface area contributed by atoms with Crippen molar-refractivity contribution >= 4 is 10.9 Å². The fourth-order valence-electron chi connectivity index (χ4n) is 3.05. The Labute approximate surface area is 141 Å². The van der Waals surface area contributed by atoms with E-state index in [1.165, 1.54) is 9.79 Å². The summed E-state index contributed by atoms with van der Waals surface area (Å²) in [6.07, 6.45) is 0.584. The van der Waals surface area contributed by atoms with Gasteiger partial charge in [0.2, 0.25) is 0 Å². The van der Waals surface area contributed by atoms with Gasteiger partial charge in [0.1, 0.15) is 17.6 Å². The highest BCUT2D eigenvalue weighted by Gasteiger charge is 2.39. The summed E-state index contributed by atoms with van der Waals surface area (Å²) in [6.45, 7) is 1.08. The SMILES string of the molecule is COc1ccc2c(c1)C(O)c1ccccc1[S+]2CCCN(C)C. The van der Waals surface area contributed by atoms with Crippen molar-refractivity contribution in [3.63, 3.8) is 0 Å². The Morgan fingerprint density at radius 1 is 1.09 bits per heavy atom. The number of hydrogen-bond donors (Lipinski definition) is 1. The van der Waals surface area contributed by atoms with Crippen LogP contribution in [0.2, 0.25) is 0 Å². The molecule has 3 nitrogen and oxygen atoms in total. The van der Waals surface area contributed by atoms with E-state index < -0.39 is 6.10 Å². The first-order valence-corrected chi connectivity index (χ1v) is 9.31. The molecule has 1 aliphatic rings. The molecule has 0 radical (unpaired) electrons. The molecule has 1 N–H and O–H groups in total. The fourth-order valence-corrected chi connectivity index (χ4v) is 5.54. The lowest BCUT2D eigenvalue weighted by atomic mass is 10.0. The summed E-state index contributed by atoms with van der Waals surface area (Å²) in [6, 6.07) is 14.4. The Hall–Kier alpha value is -1.49. The van der Waals surface area contributed by atoms with E-state index in [4.69, 9.17) is 4.74 Å². The molecule has 122 valence electrons. The van der Waals surface area contributed by atoms with Crippen molar-refractivity contribution in [3.05, 3.63) is 53.6 Å². The number of hydrogen-bond acceptors (Lipinski definition) is 3. The molecular weight excluding hydrogens is 306 g/mol. The van der Waals surface area contributed by atoms with E-state index in [2.05, 4.69) is 37.2 Å². The molecule has 4 heteroatoms. The second-order valence-electron chi connectivity index (χ2n) is 6.10. The first-order chi connectivity index (χ1) is 11.1. The van der Waals surface area contributed by atoms with Crippen LogP contribution in [-0.2, 0) is 10.9 Å². The average Bonchev–Trinajstić information content (AvgIpc) is 2.57. The molecule has 1 heterocycles. The van der Waals surface area contributed by atoms with Crippen LogP contribution in [-0.4, -0.2) is 43.5 Å². The summed E-state index contributed by atoms with van der Waals surface area (Å²) >= 11 is 0. The van der Waals surface area contributed by atoms with Crippen LogP contribution in [0, 0.1) is 0 Å². The van der Waals surface area contributed by atoms with Gasteiger partial charge >= 0.3 is 0 Å². The molecule has 0 aromatic heterocycles. The lowest BCUT2D eigenvalue weighted by molar-refractivity contribution is 0.212. The monoisotopic (exact) mass is 330 g/mol. The molecule has 23 heavy (non-hydrogen) atoms. The Morgan fingerprint density at radius 2 is 1.83 bits per heavy atom. The largest absolute Gasteiger partial charge is 0.497 e. The van der Waals surface area contributed by atoms with Gasteiger partial charge in [-0.25, -0.2) is 0 Å². The van der Waals surface area contributed by atoms with Crippen LogP contribution in [0.15, 0.2) is 52.3 Å². The molecule has 2 aromatic rings. The van der Waals surface area contributed by atoms with Crippen molar-refractivity contribution in [3.8, 4) is 5.75 Å². The Morgan fingerprint density at radius 3 is 2.57 bits per heavy atom. The maximum Gasteiger partial charge on any atom is 0.167 e. The molecule has 0 amide bonds. The number of nitrogens with zero attached hydrogens (tertiary/aromatic N) is 1. The van der Waals surface area contributed by atoms with Gasteiger partial charge in [-0.1, -0.05) is 18.2 Å². The number of benzene rings is 2. The van der Waals surface area contributed by atoms with Crippen molar-refractivity contribution in [2.75, 3.05) is 33.5 Å². The van der Waals surface area contributed by atoms with E-state index in [0.717, 1.165) is 35.6 Å². The second kappa shape index (κ2) is 6.95. The quantitative estimate of drug-likeness (QED) is 0.855. The van der Waals surface area contributed by atoms with Crippen LogP contribution in [0.25, 0.3) is 0 Å². The van der Waals surface area contributed by atoms with Crippen LogP contribution < -0.4 is 4.74 Å². The first kappa shape index (κ1) is 16.4. The summed E-state index contributed by atoms with van der Waals surface area (Å²) in [5.41, 5.74) is 2.04. The van der Waals surface area contributed by atoms with Gasteiger partial charge in [-0.05, 0) is 38.4 Å².